The van der Waals surface area contributed by atoms with Crippen LogP contribution in [0.3, 0.4) is 0 Å². The molecule has 0 radical (unpaired) electrons. The largest absolute Gasteiger partial charge is 0.478 e. The molecule has 0 aliphatic rings. The lowest BCUT2D eigenvalue weighted by Gasteiger charge is -2.00. The number of carbonyl (C=O) groups is 1. The quantitative estimate of drug-likeness (QED) is 0.163. The maximum atomic E-state index is 10.2. The third kappa shape index (κ3) is 18.7. The summed E-state index contributed by atoms with van der Waals surface area (Å²) in [6, 6.07) is 0. The van der Waals surface area contributed by atoms with Gasteiger partial charge in [-0.05, 0) is 32.1 Å². The third-order valence-electron chi connectivity index (χ3n) is 3.60. The summed E-state index contributed by atoms with van der Waals surface area (Å²) in [7, 11) is 0. The van der Waals surface area contributed by atoms with E-state index in [0.29, 0.717) is 0 Å². The molecule has 0 aromatic carbocycles. The van der Waals surface area contributed by atoms with Gasteiger partial charge in [-0.3, -0.25) is 0 Å². The van der Waals surface area contributed by atoms with Crippen molar-refractivity contribution in [3.63, 3.8) is 0 Å². The van der Waals surface area contributed by atoms with Crippen molar-refractivity contribution in [3.8, 4) is 0 Å². The van der Waals surface area contributed by atoms with Crippen molar-refractivity contribution in [3.05, 3.63) is 36.5 Å². The molecule has 0 fully saturated rings. The molecule has 0 rings (SSSR count). The normalized spacial score (nSPS) is 12.0. The Labute approximate surface area is 137 Å². The first-order chi connectivity index (χ1) is 10.8. The van der Waals surface area contributed by atoms with Crippen LogP contribution in [0.4, 0.5) is 0 Å². The molecule has 0 aliphatic carbocycles. The van der Waals surface area contributed by atoms with Crippen LogP contribution in [0.25, 0.3) is 0 Å². The van der Waals surface area contributed by atoms with Crippen molar-refractivity contribution in [2.75, 3.05) is 0 Å². The van der Waals surface area contributed by atoms with Gasteiger partial charge in [0, 0.05) is 6.08 Å². The zero-order valence-corrected chi connectivity index (χ0v) is 14.3. The summed E-state index contributed by atoms with van der Waals surface area (Å²) in [6.45, 7) is 2.22. The Hall–Kier alpha value is -1.31. The van der Waals surface area contributed by atoms with E-state index in [2.05, 4.69) is 19.1 Å². The van der Waals surface area contributed by atoms with Crippen molar-refractivity contribution >= 4 is 5.97 Å². The van der Waals surface area contributed by atoms with Crippen LogP contribution in [0, 0.1) is 0 Å². The van der Waals surface area contributed by atoms with Crippen LogP contribution >= 0.6 is 0 Å². The van der Waals surface area contributed by atoms with Crippen LogP contribution in [0.5, 0.6) is 0 Å². The molecule has 0 spiro atoms. The van der Waals surface area contributed by atoms with Crippen LogP contribution in [-0.4, -0.2) is 11.1 Å². The molecule has 2 nitrogen and oxygen atoms in total. The van der Waals surface area contributed by atoms with Gasteiger partial charge in [0.15, 0.2) is 0 Å². The SMILES string of the molecule is CCC/C=C/CCCCCCCCCC/C=C/C=C/C(=O)O. The smallest absolute Gasteiger partial charge is 0.328 e. The van der Waals surface area contributed by atoms with E-state index in [1.165, 1.54) is 70.6 Å². The minimum absolute atomic E-state index is 0.887. The number of aliphatic carboxylic acids is 1. The third-order valence-corrected chi connectivity index (χ3v) is 3.60. The van der Waals surface area contributed by atoms with Gasteiger partial charge in [-0.15, -0.1) is 0 Å². The molecule has 1 N–H and O–H groups in total. The molecule has 0 aromatic heterocycles. The summed E-state index contributed by atoms with van der Waals surface area (Å²) >= 11 is 0. The molecular weight excluding hydrogens is 272 g/mol. The van der Waals surface area contributed by atoms with E-state index in [-0.39, 0.29) is 0 Å². The van der Waals surface area contributed by atoms with Crippen LogP contribution in [-0.2, 0) is 4.79 Å². The summed E-state index contributed by atoms with van der Waals surface area (Å²) in [6.07, 6.45) is 26.7. The Morgan fingerprint density at radius 2 is 1.23 bits per heavy atom. The standard InChI is InChI=1S/C20H34O2/c1-2-3-4-5-6-7-8-9-10-11-12-13-14-15-16-17-18-19-20(21)22/h4-5,16-19H,2-3,6-15H2,1H3,(H,21,22)/b5-4+,17-16+,19-18+. The molecule has 126 valence electrons. The molecule has 0 aromatic rings. The average molecular weight is 306 g/mol. The lowest BCUT2D eigenvalue weighted by atomic mass is 10.1. The molecule has 0 bridgehead atoms. The number of allylic oxidation sites excluding steroid dienone is 5. The van der Waals surface area contributed by atoms with Crippen LogP contribution < -0.4 is 0 Å². The second-order valence-corrected chi connectivity index (χ2v) is 5.79. The van der Waals surface area contributed by atoms with Gasteiger partial charge in [0.25, 0.3) is 0 Å². The maximum absolute atomic E-state index is 10.2. The van der Waals surface area contributed by atoms with Crippen molar-refractivity contribution in [1.82, 2.24) is 0 Å². The summed E-state index contributed by atoms with van der Waals surface area (Å²) in [5.74, 6) is -0.887. The Kier molecular flexibility index (Phi) is 16.7. The predicted octanol–water partition coefficient (Wildman–Crippen LogP) is 6.44. The van der Waals surface area contributed by atoms with Gasteiger partial charge in [-0.2, -0.15) is 0 Å². The Balaban J connectivity index is 3.16. The Bertz CT molecular complexity index is 327. The van der Waals surface area contributed by atoms with Crippen molar-refractivity contribution < 1.29 is 9.90 Å². The Morgan fingerprint density at radius 1 is 0.727 bits per heavy atom. The maximum Gasteiger partial charge on any atom is 0.328 e. The minimum Gasteiger partial charge on any atom is -0.478 e. The topological polar surface area (TPSA) is 37.3 Å². The van der Waals surface area contributed by atoms with Gasteiger partial charge in [-0.25, -0.2) is 4.79 Å². The number of hydrogen-bond donors (Lipinski definition) is 1. The molecule has 0 unspecified atom stereocenters. The van der Waals surface area contributed by atoms with Gasteiger partial charge in [-0.1, -0.05) is 82.2 Å². The van der Waals surface area contributed by atoms with E-state index < -0.39 is 5.97 Å². The zero-order valence-electron chi connectivity index (χ0n) is 14.3. The second kappa shape index (κ2) is 17.7. The highest BCUT2D eigenvalue weighted by atomic mass is 16.4. The van der Waals surface area contributed by atoms with Gasteiger partial charge in [0.2, 0.25) is 0 Å². The van der Waals surface area contributed by atoms with E-state index in [1.807, 2.05) is 12.2 Å². The number of carboxylic acids is 1. The number of hydrogen-bond acceptors (Lipinski definition) is 1. The molecule has 0 heterocycles. The van der Waals surface area contributed by atoms with Crippen molar-refractivity contribution in [2.24, 2.45) is 0 Å². The van der Waals surface area contributed by atoms with Crippen molar-refractivity contribution in [2.45, 2.75) is 84.0 Å². The molecule has 0 atom stereocenters. The van der Waals surface area contributed by atoms with E-state index in [1.54, 1.807) is 6.08 Å². The highest BCUT2D eigenvalue weighted by Gasteiger charge is 1.91. The summed E-state index contributed by atoms with van der Waals surface area (Å²) in [5.41, 5.74) is 0. The summed E-state index contributed by atoms with van der Waals surface area (Å²) in [5, 5.41) is 8.42. The summed E-state index contributed by atoms with van der Waals surface area (Å²) < 4.78 is 0. The highest BCUT2D eigenvalue weighted by Crippen LogP contribution is 2.11. The lowest BCUT2D eigenvalue weighted by Crippen LogP contribution is -1.84. The molecule has 0 saturated heterocycles. The fraction of sp³-hybridized carbons (Fsp3) is 0.650. The zero-order chi connectivity index (χ0) is 16.3. The van der Waals surface area contributed by atoms with E-state index >= 15 is 0 Å². The molecular formula is C20H34O2. The molecule has 2 heteroatoms. The number of rotatable bonds is 15. The fourth-order valence-electron chi connectivity index (χ4n) is 2.30. The van der Waals surface area contributed by atoms with Gasteiger partial charge in [0.1, 0.15) is 0 Å². The summed E-state index contributed by atoms with van der Waals surface area (Å²) in [4.78, 5) is 10.2. The van der Waals surface area contributed by atoms with E-state index in [4.69, 9.17) is 5.11 Å². The first-order valence-corrected chi connectivity index (χ1v) is 8.98. The first kappa shape index (κ1) is 20.7. The van der Waals surface area contributed by atoms with Crippen LogP contribution in [0.15, 0.2) is 36.5 Å². The second-order valence-electron chi connectivity index (χ2n) is 5.79. The lowest BCUT2D eigenvalue weighted by molar-refractivity contribution is -0.131. The predicted molar refractivity (Wildman–Crippen MR) is 96.1 cm³/mol. The first-order valence-electron chi connectivity index (χ1n) is 8.98. The van der Waals surface area contributed by atoms with E-state index in [9.17, 15) is 4.79 Å². The average Bonchev–Trinajstić information content (AvgIpc) is 2.50. The molecule has 0 saturated carbocycles. The van der Waals surface area contributed by atoms with Gasteiger partial charge in [0.05, 0.1) is 0 Å². The van der Waals surface area contributed by atoms with Crippen LogP contribution in [0.1, 0.15) is 84.0 Å². The molecule has 22 heavy (non-hydrogen) atoms. The van der Waals surface area contributed by atoms with Gasteiger partial charge < -0.3 is 5.11 Å². The number of carboxylic acid groups (broad SMARTS) is 1. The molecule has 0 amide bonds. The van der Waals surface area contributed by atoms with E-state index in [0.717, 1.165) is 12.5 Å². The van der Waals surface area contributed by atoms with Crippen molar-refractivity contribution in [1.29, 1.82) is 0 Å². The molecule has 0 aliphatic heterocycles. The monoisotopic (exact) mass is 306 g/mol. The fourth-order valence-corrected chi connectivity index (χ4v) is 2.30. The van der Waals surface area contributed by atoms with Crippen LogP contribution in [0.2, 0.25) is 0 Å². The Morgan fingerprint density at radius 3 is 1.77 bits per heavy atom. The van der Waals surface area contributed by atoms with Gasteiger partial charge >= 0.3 is 5.97 Å². The highest BCUT2D eigenvalue weighted by molar-refractivity contribution is 5.80. The number of unbranched alkanes of at least 4 members (excludes halogenated alkanes) is 10. The minimum atomic E-state index is -0.887.